The van der Waals surface area contributed by atoms with Gasteiger partial charge in [-0.3, -0.25) is 4.99 Å². The van der Waals surface area contributed by atoms with Crippen LogP contribution < -0.4 is 5.73 Å². The molecule has 1 aromatic rings. The van der Waals surface area contributed by atoms with Gasteiger partial charge in [0.2, 0.25) is 0 Å². The molecule has 2 rings (SSSR count). The second-order valence-electron chi connectivity index (χ2n) is 4.72. The molecule has 0 radical (unpaired) electrons. The second kappa shape index (κ2) is 5.13. The molecule has 0 aromatic heterocycles. The van der Waals surface area contributed by atoms with E-state index in [9.17, 15) is 8.78 Å². The average molecular weight is 269 g/mol. The van der Waals surface area contributed by atoms with Crippen molar-refractivity contribution in [2.45, 2.75) is 12.5 Å². The standard InChI is InChI=1S/C13H17F2N3O/c1-13(10-7-9(14)3-4-11(10)15)8-17-12(16)18(13)5-6-19-2/h3-4,7H,5-6,8H2,1-2H3,(H2,16,17). The summed E-state index contributed by atoms with van der Waals surface area (Å²) in [6.45, 7) is 2.99. The number of hydrogen-bond acceptors (Lipinski definition) is 4. The number of rotatable bonds is 4. The van der Waals surface area contributed by atoms with E-state index in [1.54, 1.807) is 18.9 Å². The van der Waals surface area contributed by atoms with Gasteiger partial charge in [-0.15, -0.1) is 0 Å². The molecule has 4 nitrogen and oxygen atoms in total. The minimum absolute atomic E-state index is 0.257. The lowest BCUT2D eigenvalue weighted by Gasteiger charge is -2.36. The summed E-state index contributed by atoms with van der Waals surface area (Å²) in [6, 6.07) is 3.42. The zero-order valence-electron chi connectivity index (χ0n) is 11.0. The molecule has 1 atom stereocenters. The molecular formula is C13H17F2N3O. The summed E-state index contributed by atoms with van der Waals surface area (Å²) in [5.74, 6) is -0.616. The zero-order valence-corrected chi connectivity index (χ0v) is 11.0. The van der Waals surface area contributed by atoms with E-state index in [1.807, 2.05) is 0 Å². The Morgan fingerprint density at radius 1 is 1.47 bits per heavy atom. The first kappa shape index (κ1) is 13.7. The molecule has 1 aromatic carbocycles. The molecule has 104 valence electrons. The fourth-order valence-electron chi connectivity index (χ4n) is 2.34. The monoisotopic (exact) mass is 269 g/mol. The number of halogens is 2. The van der Waals surface area contributed by atoms with E-state index in [0.29, 0.717) is 25.7 Å². The molecule has 0 spiro atoms. The molecule has 0 amide bonds. The molecule has 0 aliphatic carbocycles. The van der Waals surface area contributed by atoms with Crippen molar-refractivity contribution in [2.24, 2.45) is 10.7 Å². The first-order valence-corrected chi connectivity index (χ1v) is 6.01. The number of nitrogens with zero attached hydrogens (tertiary/aromatic N) is 2. The van der Waals surface area contributed by atoms with Gasteiger partial charge in [-0.25, -0.2) is 8.78 Å². The van der Waals surface area contributed by atoms with Crippen molar-refractivity contribution in [3.63, 3.8) is 0 Å². The third kappa shape index (κ3) is 2.40. The third-order valence-corrected chi connectivity index (χ3v) is 3.45. The van der Waals surface area contributed by atoms with Crippen LogP contribution >= 0.6 is 0 Å². The highest BCUT2D eigenvalue weighted by atomic mass is 19.1. The lowest BCUT2D eigenvalue weighted by molar-refractivity contribution is 0.135. The maximum Gasteiger partial charge on any atom is 0.192 e. The Bertz CT molecular complexity index is 507. The largest absolute Gasteiger partial charge is 0.383 e. The van der Waals surface area contributed by atoms with Gasteiger partial charge in [0, 0.05) is 19.2 Å². The summed E-state index contributed by atoms with van der Waals surface area (Å²) < 4.78 is 32.4. The van der Waals surface area contributed by atoms with Crippen LogP contribution in [0.1, 0.15) is 12.5 Å². The lowest BCUT2D eigenvalue weighted by Crippen LogP contribution is -2.49. The Morgan fingerprint density at radius 2 is 2.21 bits per heavy atom. The van der Waals surface area contributed by atoms with Gasteiger partial charge in [0.1, 0.15) is 11.6 Å². The van der Waals surface area contributed by atoms with Gasteiger partial charge >= 0.3 is 0 Å². The third-order valence-electron chi connectivity index (χ3n) is 3.45. The van der Waals surface area contributed by atoms with Crippen molar-refractivity contribution in [1.82, 2.24) is 4.90 Å². The number of hydrogen-bond donors (Lipinski definition) is 1. The lowest BCUT2D eigenvalue weighted by atomic mass is 9.90. The van der Waals surface area contributed by atoms with Gasteiger partial charge < -0.3 is 15.4 Å². The number of ether oxygens (including phenoxy) is 1. The Hall–Kier alpha value is -1.69. The van der Waals surface area contributed by atoms with Crippen LogP contribution in [0.2, 0.25) is 0 Å². The molecular weight excluding hydrogens is 252 g/mol. The van der Waals surface area contributed by atoms with Crippen LogP contribution in [0.15, 0.2) is 23.2 Å². The van der Waals surface area contributed by atoms with Crippen LogP contribution in [0.25, 0.3) is 0 Å². The van der Waals surface area contributed by atoms with Gasteiger partial charge in [0.05, 0.1) is 18.7 Å². The highest BCUT2D eigenvalue weighted by Crippen LogP contribution is 2.34. The van der Waals surface area contributed by atoms with Crippen molar-refractivity contribution < 1.29 is 13.5 Å². The van der Waals surface area contributed by atoms with Crippen LogP contribution in [0.4, 0.5) is 8.78 Å². The van der Waals surface area contributed by atoms with Crippen molar-refractivity contribution in [2.75, 3.05) is 26.8 Å². The molecule has 0 saturated heterocycles. The molecule has 6 heteroatoms. The number of nitrogens with two attached hydrogens (primary N) is 1. The molecule has 1 aliphatic heterocycles. The van der Waals surface area contributed by atoms with Gasteiger partial charge in [-0.1, -0.05) is 0 Å². The van der Waals surface area contributed by atoms with Crippen LogP contribution in [0.3, 0.4) is 0 Å². The van der Waals surface area contributed by atoms with Crippen LogP contribution in [-0.2, 0) is 10.3 Å². The predicted molar refractivity (Wildman–Crippen MR) is 68.8 cm³/mol. The summed E-state index contributed by atoms with van der Waals surface area (Å²) in [6.07, 6.45) is 0. The van der Waals surface area contributed by atoms with E-state index in [0.717, 1.165) is 12.1 Å². The summed E-state index contributed by atoms with van der Waals surface area (Å²) in [7, 11) is 1.57. The van der Waals surface area contributed by atoms with Crippen molar-refractivity contribution in [3.05, 3.63) is 35.4 Å². The molecule has 0 fully saturated rings. The maximum absolute atomic E-state index is 14.0. The van der Waals surface area contributed by atoms with E-state index in [2.05, 4.69) is 4.99 Å². The molecule has 1 aliphatic rings. The molecule has 1 unspecified atom stereocenters. The smallest absolute Gasteiger partial charge is 0.192 e. The summed E-state index contributed by atoms with van der Waals surface area (Å²) in [5.41, 5.74) is 5.30. The van der Waals surface area contributed by atoms with Crippen molar-refractivity contribution in [1.29, 1.82) is 0 Å². The summed E-state index contributed by atoms with van der Waals surface area (Å²) in [4.78, 5) is 5.89. The van der Waals surface area contributed by atoms with E-state index in [-0.39, 0.29) is 5.56 Å². The average Bonchev–Trinajstić information content (AvgIpc) is 2.67. The van der Waals surface area contributed by atoms with E-state index < -0.39 is 17.2 Å². The molecule has 19 heavy (non-hydrogen) atoms. The predicted octanol–water partition coefficient (Wildman–Crippen LogP) is 1.46. The van der Waals surface area contributed by atoms with Crippen molar-refractivity contribution in [3.8, 4) is 0 Å². The van der Waals surface area contributed by atoms with Gasteiger partial charge in [-0.05, 0) is 25.1 Å². The van der Waals surface area contributed by atoms with Crippen LogP contribution in [0.5, 0.6) is 0 Å². The Kier molecular flexibility index (Phi) is 3.71. The number of aliphatic imine (C=N–C) groups is 1. The van der Waals surface area contributed by atoms with E-state index >= 15 is 0 Å². The van der Waals surface area contributed by atoms with Gasteiger partial charge in [0.15, 0.2) is 5.96 Å². The maximum atomic E-state index is 14.0. The van der Waals surface area contributed by atoms with Crippen molar-refractivity contribution >= 4 is 5.96 Å². The molecule has 0 bridgehead atoms. The SMILES string of the molecule is COCCN1C(N)=NCC1(C)c1cc(F)ccc1F. The zero-order chi connectivity index (χ0) is 14.0. The quantitative estimate of drug-likeness (QED) is 0.900. The molecule has 2 N–H and O–H groups in total. The van der Waals surface area contributed by atoms with Gasteiger partial charge in [-0.2, -0.15) is 0 Å². The first-order chi connectivity index (χ1) is 8.99. The van der Waals surface area contributed by atoms with Crippen LogP contribution in [-0.4, -0.2) is 37.7 Å². The Balaban J connectivity index is 2.38. The number of methoxy groups -OCH3 is 1. The summed E-state index contributed by atoms with van der Waals surface area (Å²) >= 11 is 0. The number of benzene rings is 1. The molecule has 1 heterocycles. The minimum atomic E-state index is -0.783. The minimum Gasteiger partial charge on any atom is -0.383 e. The highest BCUT2D eigenvalue weighted by Gasteiger charge is 2.41. The fraction of sp³-hybridized carbons (Fsp3) is 0.462. The first-order valence-electron chi connectivity index (χ1n) is 6.01. The van der Waals surface area contributed by atoms with Gasteiger partial charge in [0.25, 0.3) is 0 Å². The normalized spacial score (nSPS) is 22.7. The Morgan fingerprint density at radius 3 is 2.89 bits per heavy atom. The second-order valence-corrected chi connectivity index (χ2v) is 4.72. The fourth-order valence-corrected chi connectivity index (χ4v) is 2.34. The topological polar surface area (TPSA) is 50.9 Å². The Labute approximate surface area is 110 Å². The van der Waals surface area contributed by atoms with Crippen LogP contribution in [0, 0.1) is 11.6 Å². The van der Waals surface area contributed by atoms with E-state index in [1.165, 1.54) is 6.07 Å². The van der Waals surface area contributed by atoms with E-state index in [4.69, 9.17) is 10.5 Å². The highest BCUT2D eigenvalue weighted by molar-refractivity contribution is 5.81. The number of guanidine groups is 1. The summed E-state index contributed by atoms with van der Waals surface area (Å²) in [5, 5.41) is 0. The molecule has 0 saturated carbocycles.